The van der Waals surface area contributed by atoms with Crippen molar-refractivity contribution in [2.75, 3.05) is 0 Å². The number of fused-ring (bicyclic) bond motifs is 1. The van der Waals surface area contributed by atoms with Crippen molar-refractivity contribution in [3.05, 3.63) is 41.5 Å². The zero-order valence-corrected chi connectivity index (χ0v) is 14.8. The predicted molar refractivity (Wildman–Crippen MR) is 86.8 cm³/mol. The molecule has 0 saturated heterocycles. The third-order valence-corrected chi connectivity index (χ3v) is 4.53. The van der Waals surface area contributed by atoms with Gasteiger partial charge in [-0.3, -0.25) is 0 Å². The Bertz CT molecular complexity index is 551. The standard InChI is InChI=1S/C12H8Br4O/c13-11(14)7-4-5-9(17)10-6(7)2-1-3-8(10)12(15)16/h1-5,11-12,17H. The fraction of sp³-hybridized carbons (Fsp3) is 0.167. The van der Waals surface area contributed by atoms with Crippen LogP contribution in [0.3, 0.4) is 0 Å². The minimum absolute atomic E-state index is 0.0175. The number of hydrogen-bond donors (Lipinski definition) is 1. The molecule has 17 heavy (non-hydrogen) atoms. The average Bonchev–Trinajstić information content (AvgIpc) is 2.28. The second kappa shape index (κ2) is 5.59. The van der Waals surface area contributed by atoms with E-state index < -0.39 is 0 Å². The molecule has 0 saturated carbocycles. The molecule has 0 radical (unpaired) electrons. The molecule has 2 aromatic rings. The quantitative estimate of drug-likeness (QED) is 0.506. The maximum Gasteiger partial charge on any atom is 0.123 e. The van der Waals surface area contributed by atoms with Crippen LogP contribution < -0.4 is 0 Å². The number of alkyl halides is 4. The van der Waals surface area contributed by atoms with Crippen molar-refractivity contribution in [3.8, 4) is 5.75 Å². The number of aromatic hydroxyl groups is 1. The Kier molecular flexibility index (Phi) is 4.55. The highest BCUT2D eigenvalue weighted by Crippen LogP contribution is 2.42. The maximum absolute atomic E-state index is 10.0. The van der Waals surface area contributed by atoms with E-state index in [0.29, 0.717) is 5.75 Å². The molecule has 0 bridgehead atoms. The van der Waals surface area contributed by atoms with E-state index in [-0.39, 0.29) is 7.47 Å². The first kappa shape index (κ1) is 13.8. The van der Waals surface area contributed by atoms with Crippen LogP contribution in [0.15, 0.2) is 30.3 Å². The van der Waals surface area contributed by atoms with Crippen LogP contribution in [0.5, 0.6) is 5.75 Å². The van der Waals surface area contributed by atoms with E-state index in [1.54, 1.807) is 6.07 Å². The minimum Gasteiger partial charge on any atom is -0.507 e. The number of benzene rings is 2. The summed E-state index contributed by atoms with van der Waals surface area (Å²) in [5.74, 6) is 0.295. The molecule has 90 valence electrons. The van der Waals surface area contributed by atoms with Crippen LogP contribution >= 0.6 is 63.7 Å². The van der Waals surface area contributed by atoms with Gasteiger partial charge in [-0.1, -0.05) is 88.0 Å². The first-order chi connectivity index (χ1) is 8.02. The lowest BCUT2D eigenvalue weighted by atomic mass is 10.0. The van der Waals surface area contributed by atoms with Gasteiger partial charge in [0.1, 0.15) is 5.75 Å². The Balaban J connectivity index is 2.86. The van der Waals surface area contributed by atoms with Crippen molar-refractivity contribution in [1.82, 2.24) is 0 Å². The Morgan fingerprint density at radius 1 is 0.824 bits per heavy atom. The summed E-state index contributed by atoms with van der Waals surface area (Å²) in [6.45, 7) is 0. The van der Waals surface area contributed by atoms with E-state index in [9.17, 15) is 5.11 Å². The summed E-state index contributed by atoms with van der Waals surface area (Å²) in [5, 5.41) is 11.9. The van der Waals surface area contributed by atoms with Gasteiger partial charge < -0.3 is 5.11 Å². The minimum atomic E-state index is 0.0175. The lowest BCUT2D eigenvalue weighted by Gasteiger charge is -2.13. The lowest BCUT2D eigenvalue weighted by molar-refractivity contribution is 0.481. The highest BCUT2D eigenvalue weighted by Gasteiger charge is 2.15. The fourth-order valence-corrected chi connectivity index (χ4v) is 3.37. The van der Waals surface area contributed by atoms with Crippen molar-refractivity contribution in [2.24, 2.45) is 0 Å². The first-order valence-corrected chi connectivity index (χ1v) is 8.49. The van der Waals surface area contributed by atoms with Crippen LogP contribution in [0.1, 0.15) is 18.6 Å². The Morgan fingerprint density at radius 3 is 2.06 bits per heavy atom. The molecule has 5 heteroatoms. The summed E-state index contributed by atoms with van der Waals surface area (Å²) in [4.78, 5) is 0. The van der Waals surface area contributed by atoms with Crippen LogP contribution in [0, 0.1) is 0 Å². The van der Waals surface area contributed by atoms with Gasteiger partial charge in [0, 0.05) is 5.39 Å². The molecule has 0 aromatic heterocycles. The second-order valence-corrected chi connectivity index (χ2v) is 9.67. The summed E-state index contributed by atoms with van der Waals surface area (Å²) in [7, 11) is 0. The topological polar surface area (TPSA) is 20.2 Å². The third-order valence-electron chi connectivity index (χ3n) is 2.55. The van der Waals surface area contributed by atoms with Crippen molar-refractivity contribution < 1.29 is 5.11 Å². The number of hydrogen-bond acceptors (Lipinski definition) is 1. The van der Waals surface area contributed by atoms with Crippen molar-refractivity contribution in [3.63, 3.8) is 0 Å². The van der Waals surface area contributed by atoms with Crippen molar-refractivity contribution in [2.45, 2.75) is 7.47 Å². The lowest BCUT2D eigenvalue weighted by Crippen LogP contribution is -1.90. The van der Waals surface area contributed by atoms with Gasteiger partial charge in [0.05, 0.1) is 7.47 Å². The van der Waals surface area contributed by atoms with Gasteiger partial charge in [-0.15, -0.1) is 0 Å². The maximum atomic E-state index is 10.0. The summed E-state index contributed by atoms with van der Waals surface area (Å²) in [6, 6.07) is 9.61. The summed E-state index contributed by atoms with van der Waals surface area (Å²) < 4.78 is 0.0846. The Hall–Kier alpha value is 0.420. The van der Waals surface area contributed by atoms with E-state index in [1.165, 1.54) is 0 Å². The van der Waals surface area contributed by atoms with Gasteiger partial charge in [0.2, 0.25) is 0 Å². The van der Waals surface area contributed by atoms with Crippen molar-refractivity contribution >= 4 is 74.5 Å². The van der Waals surface area contributed by atoms with Gasteiger partial charge in [-0.25, -0.2) is 0 Å². The second-order valence-electron chi connectivity index (χ2n) is 3.55. The van der Waals surface area contributed by atoms with Gasteiger partial charge in [0.25, 0.3) is 0 Å². The molecular formula is C12H8Br4O. The number of halogens is 4. The number of rotatable bonds is 2. The summed E-state index contributed by atoms with van der Waals surface area (Å²) in [5.41, 5.74) is 2.11. The SMILES string of the molecule is Oc1ccc(C(Br)Br)c2cccc(C(Br)Br)c12. The van der Waals surface area contributed by atoms with E-state index >= 15 is 0 Å². The Morgan fingerprint density at radius 2 is 1.47 bits per heavy atom. The molecule has 2 rings (SSSR count). The van der Waals surface area contributed by atoms with Crippen LogP contribution in [0.25, 0.3) is 10.8 Å². The van der Waals surface area contributed by atoms with E-state index in [0.717, 1.165) is 21.9 Å². The molecule has 0 amide bonds. The highest BCUT2D eigenvalue weighted by molar-refractivity contribution is 9.24. The monoisotopic (exact) mass is 484 g/mol. The van der Waals surface area contributed by atoms with Gasteiger partial charge in [-0.05, 0) is 22.6 Å². The molecule has 0 fully saturated rings. The van der Waals surface area contributed by atoms with Gasteiger partial charge >= 0.3 is 0 Å². The molecule has 0 aliphatic heterocycles. The van der Waals surface area contributed by atoms with Gasteiger partial charge in [0.15, 0.2) is 0 Å². The normalized spacial score (nSPS) is 11.6. The zero-order chi connectivity index (χ0) is 12.6. The van der Waals surface area contributed by atoms with Crippen molar-refractivity contribution in [1.29, 1.82) is 0 Å². The van der Waals surface area contributed by atoms with Gasteiger partial charge in [-0.2, -0.15) is 0 Å². The molecule has 0 aliphatic carbocycles. The fourth-order valence-electron chi connectivity index (χ4n) is 1.81. The van der Waals surface area contributed by atoms with Crippen LogP contribution in [-0.4, -0.2) is 5.11 Å². The molecule has 1 nitrogen and oxygen atoms in total. The first-order valence-electron chi connectivity index (χ1n) is 4.83. The molecule has 2 aromatic carbocycles. The van der Waals surface area contributed by atoms with E-state index in [2.05, 4.69) is 63.7 Å². The predicted octanol–water partition coefficient (Wildman–Crippen LogP) is 6.12. The molecule has 1 N–H and O–H groups in total. The third kappa shape index (κ3) is 2.72. The van der Waals surface area contributed by atoms with Crippen LogP contribution in [0.2, 0.25) is 0 Å². The van der Waals surface area contributed by atoms with E-state index in [4.69, 9.17) is 0 Å². The molecule has 0 aliphatic rings. The molecule has 0 heterocycles. The molecular weight excluding hydrogens is 480 g/mol. The van der Waals surface area contributed by atoms with E-state index in [1.807, 2.05) is 24.3 Å². The zero-order valence-electron chi connectivity index (χ0n) is 8.50. The molecule has 0 atom stereocenters. The Labute approximate surface area is 133 Å². The average molecular weight is 488 g/mol. The molecule has 0 spiro atoms. The smallest absolute Gasteiger partial charge is 0.123 e. The van der Waals surface area contributed by atoms with Crippen LogP contribution in [0.4, 0.5) is 0 Å². The highest BCUT2D eigenvalue weighted by atomic mass is 79.9. The summed E-state index contributed by atoms with van der Waals surface area (Å²) in [6.07, 6.45) is 0. The number of phenols is 1. The number of phenolic OH excluding ortho intramolecular Hbond substituents is 1. The van der Waals surface area contributed by atoms with Crippen LogP contribution in [-0.2, 0) is 0 Å². The summed E-state index contributed by atoms with van der Waals surface area (Å²) >= 11 is 14.0. The molecule has 0 unspecified atom stereocenters. The largest absolute Gasteiger partial charge is 0.507 e.